The van der Waals surface area contributed by atoms with Gasteiger partial charge in [-0.2, -0.15) is 0 Å². The second kappa shape index (κ2) is 6.59. The molecule has 19 heavy (non-hydrogen) atoms. The van der Waals surface area contributed by atoms with E-state index in [-0.39, 0.29) is 0 Å². The summed E-state index contributed by atoms with van der Waals surface area (Å²) in [6, 6.07) is 13.6. The van der Waals surface area contributed by atoms with Crippen molar-refractivity contribution in [2.24, 2.45) is 5.73 Å². The third kappa shape index (κ3) is 3.49. The Morgan fingerprint density at radius 1 is 1.11 bits per heavy atom. The molecule has 0 heterocycles. The Morgan fingerprint density at radius 2 is 1.84 bits per heavy atom. The highest BCUT2D eigenvalue weighted by molar-refractivity contribution is 9.10. The van der Waals surface area contributed by atoms with E-state index in [1.807, 2.05) is 42.5 Å². The Morgan fingerprint density at radius 3 is 2.47 bits per heavy atom. The van der Waals surface area contributed by atoms with Crippen molar-refractivity contribution in [2.75, 3.05) is 7.11 Å². The second-order valence-electron chi connectivity index (χ2n) is 4.06. The predicted molar refractivity (Wildman–Crippen MR) is 79.4 cm³/mol. The van der Waals surface area contributed by atoms with E-state index in [1.165, 1.54) is 0 Å². The topological polar surface area (TPSA) is 44.5 Å². The molecule has 2 aromatic rings. The van der Waals surface area contributed by atoms with Crippen molar-refractivity contribution in [3.8, 4) is 11.5 Å². The average Bonchev–Trinajstić information content (AvgIpc) is 2.46. The monoisotopic (exact) mass is 321 g/mol. The molecular formula is C15H16BrNO2. The number of hydrogen-bond donors (Lipinski definition) is 1. The summed E-state index contributed by atoms with van der Waals surface area (Å²) in [5.74, 6) is 1.58. The molecule has 0 fully saturated rings. The SMILES string of the molecule is COc1ccc(OCc2ccccc2CN)c(Br)c1. The van der Waals surface area contributed by atoms with E-state index in [4.69, 9.17) is 15.2 Å². The van der Waals surface area contributed by atoms with Gasteiger partial charge in [-0.3, -0.25) is 0 Å². The quantitative estimate of drug-likeness (QED) is 0.916. The average molecular weight is 322 g/mol. The van der Waals surface area contributed by atoms with Crippen LogP contribution < -0.4 is 15.2 Å². The van der Waals surface area contributed by atoms with Gasteiger partial charge in [0.05, 0.1) is 11.6 Å². The molecule has 0 bridgehead atoms. The first kappa shape index (κ1) is 13.9. The van der Waals surface area contributed by atoms with E-state index >= 15 is 0 Å². The molecule has 0 radical (unpaired) electrons. The zero-order valence-electron chi connectivity index (χ0n) is 10.7. The van der Waals surface area contributed by atoms with E-state index in [0.717, 1.165) is 27.1 Å². The van der Waals surface area contributed by atoms with Crippen molar-refractivity contribution < 1.29 is 9.47 Å². The number of benzene rings is 2. The van der Waals surface area contributed by atoms with Crippen molar-refractivity contribution in [1.29, 1.82) is 0 Å². The van der Waals surface area contributed by atoms with Crippen LogP contribution in [0.15, 0.2) is 46.9 Å². The molecule has 0 unspecified atom stereocenters. The van der Waals surface area contributed by atoms with Gasteiger partial charge in [-0.25, -0.2) is 0 Å². The minimum atomic E-state index is 0.498. The van der Waals surface area contributed by atoms with Crippen LogP contribution in [0.3, 0.4) is 0 Å². The Kier molecular flexibility index (Phi) is 4.82. The van der Waals surface area contributed by atoms with Crippen molar-refractivity contribution in [2.45, 2.75) is 13.2 Å². The van der Waals surface area contributed by atoms with Crippen LogP contribution >= 0.6 is 15.9 Å². The Bertz CT molecular complexity index is 558. The summed E-state index contributed by atoms with van der Waals surface area (Å²) >= 11 is 3.47. The fraction of sp³-hybridized carbons (Fsp3) is 0.200. The summed E-state index contributed by atoms with van der Waals surface area (Å²) in [4.78, 5) is 0. The lowest BCUT2D eigenvalue weighted by Gasteiger charge is -2.11. The first-order chi connectivity index (χ1) is 9.24. The summed E-state index contributed by atoms with van der Waals surface area (Å²) in [6.07, 6.45) is 0. The fourth-order valence-corrected chi connectivity index (χ4v) is 2.25. The van der Waals surface area contributed by atoms with Gasteiger partial charge in [0.2, 0.25) is 0 Å². The van der Waals surface area contributed by atoms with Crippen LogP contribution in [0.25, 0.3) is 0 Å². The first-order valence-electron chi connectivity index (χ1n) is 5.97. The summed E-state index contributed by atoms with van der Waals surface area (Å²) in [7, 11) is 1.64. The van der Waals surface area contributed by atoms with Gasteiger partial charge in [0.15, 0.2) is 0 Å². The lowest BCUT2D eigenvalue weighted by molar-refractivity contribution is 0.302. The summed E-state index contributed by atoms with van der Waals surface area (Å²) in [6.45, 7) is 1.02. The maximum Gasteiger partial charge on any atom is 0.134 e. The number of ether oxygens (including phenoxy) is 2. The molecule has 3 nitrogen and oxygen atoms in total. The molecule has 4 heteroatoms. The zero-order chi connectivity index (χ0) is 13.7. The van der Waals surface area contributed by atoms with Crippen LogP contribution in [0.5, 0.6) is 11.5 Å². The molecule has 0 amide bonds. The largest absolute Gasteiger partial charge is 0.497 e. The smallest absolute Gasteiger partial charge is 0.134 e. The first-order valence-corrected chi connectivity index (χ1v) is 6.77. The van der Waals surface area contributed by atoms with Gasteiger partial charge in [-0.15, -0.1) is 0 Å². The third-order valence-electron chi connectivity index (χ3n) is 2.86. The van der Waals surface area contributed by atoms with Crippen LogP contribution in [0.4, 0.5) is 0 Å². The van der Waals surface area contributed by atoms with Crippen molar-refractivity contribution in [3.63, 3.8) is 0 Å². The molecule has 0 aliphatic rings. The number of hydrogen-bond acceptors (Lipinski definition) is 3. The maximum atomic E-state index is 5.81. The van der Waals surface area contributed by atoms with E-state index < -0.39 is 0 Å². The zero-order valence-corrected chi connectivity index (χ0v) is 12.3. The van der Waals surface area contributed by atoms with Crippen LogP contribution in [-0.2, 0) is 13.2 Å². The molecule has 2 aromatic carbocycles. The van der Waals surface area contributed by atoms with Gasteiger partial charge in [0.25, 0.3) is 0 Å². The van der Waals surface area contributed by atoms with Gasteiger partial charge in [0, 0.05) is 6.54 Å². The molecule has 0 aliphatic carbocycles. The minimum absolute atomic E-state index is 0.498. The van der Waals surface area contributed by atoms with Crippen LogP contribution in [0, 0.1) is 0 Å². The van der Waals surface area contributed by atoms with E-state index in [0.29, 0.717) is 13.2 Å². The van der Waals surface area contributed by atoms with Crippen LogP contribution in [-0.4, -0.2) is 7.11 Å². The molecule has 0 saturated heterocycles. The summed E-state index contributed by atoms with van der Waals surface area (Å²) in [5.41, 5.74) is 7.91. The number of halogens is 1. The van der Waals surface area contributed by atoms with Gasteiger partial charge >= 0.3 is 0 Å². The normalized spacial score (nSPS) is 10.3. The summed E-state index contributed by atoms with van der Waals surface area (Å²) in [5, 5.41) is 0. The highest BCUT2D eigenvalue weighted by Gasteiger charge is 2.05. The molecule has 100 valence electrons. The molecule has 2 N–H and O–H groups in total. The molecule has 0 atom stereocenters. The fourth-order valence-electron chi connectivity index (χ4n) is 1.78. The van der Waals surface area contributed by atoms with Crippen molar-refractivity contribution in [1.82, 2.24) is 0 Å². The molecule has 0 spiro atoms. The van der Waals surface area contributed by atoms with E-state index in [1.54, 1.807) is 7.11 Å². The second-order valence-corrected chi connectivity index (χ2v) is 4.91. The molecule has 0 aliphatic heterocycles. The van der Waals surface area contributed by atoms with Crippen molar-refractivity contribution in [3.05, 3.63) is 58.1 Å². The van der Waals surface area contributed by atoms with Crippen molar-refractivity contribution >= 4 is 15.9 Å². The minimum Gasteiger partial charge on any atom is -0.497 e. The third-order valence-corrected chi connectivity index (χ3v) is 3.48. The lowest BCUT2D eigenvalue weighted by atomic mass is 10.1. The standard InChI is InChI=1S/C15H16BrNO2/c1-18-13-6-7-15(14(16)8-13)19-10-12-5-3-2-4-11(12)9-17/h2-8H,9-10,17H2,1H3. The van der Waals surface area contributed by atoms with Gasteiger partial charge in [0.1, 0.15) is 18.1 Å². The van der Waals surface area contributed by atoms with Gasteiger partial charge in [-0.05, 0) is 45.3 Å². The molecule has 2 rings (SSSR count). The number of nitrogens with two attached hydrogens (primary N) is 1. The Hall–Kier alpha value is -1.52. The predicted octanol–water partition coefficient (Wildman–Crippen LogP) is 3.50. The van der Waals surface area contributed by atoms with E-state index in [9.17, 15) is 0 Å². The Balaban J connectivity index is 2.10. The highest BCUT2D eigenvalue weighted by atomic mass is 79.9. The lowest BCUT2D eigenvalue weighted by Crippen LogP contribution is -2.04. The summed E-state index contributed by atoms with van der Waals surface area (Å²) < 4.78 is 11.8. The van der Waals surface area contributed by atoms with Gasteiger partial charge in [-0.1, -0.05) is 24.3 Å². The molecule has 0 saturated carbocycles. The van der Waals surface area contributed by atoms with Crippen LogP contribution in [0.1, 0.15) is 11.1 Å². The maximum absolute atomic E-state index is 5.81. The highest BCUT2D eigenvalue weighted by Crippen LogP contribution is 2.29. The Labute approximate surface area is 121 Å². The number of methoxy groups -OCH3 is 1. The molecular weight excluding hydrogens is 306 g/mol. The number of rotatable bonds is 5. The van der Waals surface area contributed by atoms with Gasteiger partial charge < -0.3 is 15.2 Å². The molecule has 0 aromatic heterocycles. The van der Waals surface area contributed by atoms with E-state index in [2.05, 4.69) is 15.9 Å². The van der Waals surface area contributed by atoms with Crippen LogP contribution in [0.2, 0.25) is 0 Å².